The molecule has 1 heterocycles. The molecule has 2 amide bonds. The molecule has 2 saturated carbocycles. The summed E-state index contributed by atoms with van der Waals surface area (Å²) in [7, 11) is 0. The van der Waals surface area contributed by atoms with E-state index >= 15 is 0 Å². The van der Waals surface area contributed by atoms with Gasteiger partial charge in [-0.1, -0.05) is 12.8 Å². The topological polar surface area (TPSA) is 49.4 Å². The summed E-state index contributed by atoms with van der Waals surface area (Å²) in [6, 6.07) is -0.146. The average molecular weight is 264 g/mol. The Morgan fingerprint density at radius 3 is 2.47 bits per heavy atom. The lowest BCUT2D eigenvalue weighted by atomic mass is 9.88. The van der Waals surface area contributed by atoms with Crippen molar-refractivity contribution in [2.45, 2.75) is 70.5 Å². The summed E-state index contributed by atoms with van der Waals surface area (Å²) < 4.78 is 0. The Hall–Kier alpha value is -1.06. The van der Waals surface area contributed by atoms with E-state index in [4.69, 9.17) is 0 Å². The molecule has 0 aromatic rings. The first-order valence-electron chi connectivity index (χ1n) is 7.58. The average Bonchev–Trinajstić information content (AvgIpc) is 3.19. The van der Waals surface area contributed by atoms with E-state index in [1.165, 1.54) is 12.8 Å². The lowest BCUT2D eigenvalue weighted by Crippen LogP contribution is -2.71. The minimum atomic E-state index is -0.651. The van der Waals surface area contributed by atoms with Crippen LogP contribution in [0.25, 0.3) is 0 Å². The van der Waals surface area contributed by atoms with Crippen LogP contribution in [0.3, 0.4) is 0 Å². The maximum absolute atomic E-state index is 12.8. The molecule has 2 aliphatic carbocycles. The lowest BCUT2D eigenvalue weighted by molar-refractivity contribution is -0.157. The molecule has 0 radical (unpaired) electrons. The number of carbonyl (C=O) groups is 2. The van der Waals surface area contributed by atoms with Crippen molar-refractivity contribution in [2.75, 3.05) is 0 Å². The van der Waals surface area contributed by atoms with Crippen molar-refractivity contribution >= 4 is 11.8 Å². The molecule has 0 bridgehead atoms. The second-order valence-corrected chi connectivity index (χ2v) is 6.88. The van der Waals surface area contributed by atoms with Crippen molar-refractivity contribution < 1.29 is 9.59 Å². The zero-order valence-corrected chi connectivity index (χ0v) is 12.1. The van der Waals surface area contributed by atoms with Crippen LogP contribution in [0.5, 0.6) is 0 Å². The molecule has 1 aliphatic heterocycles. The van der Waals surface area contributed by atoms with E-state index in [0.29, 0.717) is 5.92 Å². The molecule has 0 spiro atoms. The standard InChI is InChI=1S/C15H24N2O2/c1-9(8-11-4-5-11)17-10(2)13(18)16-15(3,14(17)19)12-6-7-12/h9-12H,4-8H2,1-3H3,(H,16,18). The van der Waals surface area contributed by atoms with Gasteiger partial charge in [0.05, 0.1) is 0 Å². The zero-order chi connectivity index (χ0) is 13.8. The van der Waals surface area contributed by atoms with Crippen LogP contribution >= 0.6 is 0 Å². The van der Waals surface area contributed by atoms with Gasteiger partial charge >= 0.3 is 0 Å². The second-order valence-electron chi connectivity index (χ2n) is 6.88. The number of rotatable bonds is 4. The molecular formula is C15H24N2O2. The Kier molecular flexibility index (Phi) is 2.88. The number of nitrogens with one attached hydrogen (secondary N) is 1. The zero-order valence-electron chi connectivity index (χ0n) is 12.1. The van der Waals surface area contributed by atoms with Crippen molar-refractivity contribution in [2.24, 2.45) is 11.8 Å². The van der Waals surface area contributed by atoms with Gasteiger partial charge in [0.15, 0.2) is 0 Å². The number of amides is 2. The van der Waals surface area contributed by atoms with Crippen LogP contribution in [0.15, 0.2) is 0 Å². The van der Waals surface area contributed by atoms with E-state index in [1.54, 1.807) is 0 Å². The Labute approximate surface area is 114 Å². The summed E-state index contributed by atoms with van der Waals surface area (Å²) in [4.78, 5) is 26.9. The maximum Gasteiger partial charge on any atom is 0.249 e. The molecule has 3 fully saturated rings. The van der Waals surface area contributed by atoms with E-state index < -0.39 is 5.54 Å². The Balaban J connectivity index is 1.82. The van der Waals surface area contributed by atoms with E-state index in [-0.39, 0.29) is 23.9 Å². The molecule has 4 nitrogen and oxygen atoms in total. The first kappa shape index (κ1) is 12.9. The maximum atomic E-state index is 12.8. The first-order valence-corrected chi connectivity index (χ1v) is 7.58. The minimum Gasteiger partial charge on any atom is -0.340 e. The third-order valence-corrected chi connectivity index (χ3v) is 5.10. The molecule has 106 valence electrons. The van der Waals surface area contributed by atoms with Gasteiger partial charge in [-0.2, -0.15) is 0 Å². The van der Waals surface area contributed by atoms with Crippen molar-refractivity contribution in [1.29, 1.82) is 0 Å². The Morgan fingerprint density at radius 1 is 1.32 bits per heavy atom. The van der Waals surface area contributed by atoms with Gasteiger partial charge < -0.3 is 10.2 Å². The smallest absolute Gasteiger partial charge is 0.249 e. The largest absolute Gasteiger partial charge is 0.340 e. The van der Waals surface area contributed by atoms with Crippen LogP contribution in [0.2, 0.25) is 0 Å². The fourth-order valence-corrected chi connectivity index (χ4v) is 3.45. The monoisotopic (exact) mass is 264 g/mol. The highest BCUT2D eigenvalue weighted by molar-refractivity contribution is 6.00. The molecule has 1 saturated heterocycles. The molecule has 1 N–H and O–H groups in total. The lowest BCUT2D eigenvalue weighted by Gasteiger charge is -2.46. The molecule has 0 aromatic heterocycles. The third kappa shape index (κ3) is 2.15. The van der Waals surface area contributed by atoms with Crippen LogP contribution in [-0.4, -0.2) is 34.3 Å². The summed E-state index contributed by atoms with van der Waals surface area (Å²) in [6.07, 6.45) is 5.73. The predicted molar refractivity (Wildman–Crippen MR) is 72.4 cm³/mol. The molecule has 19 heavy (non-hydrogen) atoms. The summed E-state index contributed by atoms with van der Waals surface area (Å²) >= 11 is 0. The van der Waals surface area contributed by atoms with Crippen LogP contribution in [0.1, 0.15) is 52.9 Å². The Morgan fingerprint density at radius 2 is 1.95 bits per heavy atom. The normalized spacial score (nSPS) is 37.2. The van der Waals surface area contributed by atoms with E-state index in [2.05, 4.69) is 12.2 Å². The van der Waals surface area contributed by atoms with Crippen LogP contribution in [-0.2, 0) is 9.59 Å². The highest BCUT2D eigenvalue weighted by Crippen LogP contribution is 2.43. The third-order valence-electron chi connectivity index (χ3n) is 5.10. The van der Waals surface area contributed by atoms with Crippen LogP contribution < -0.4 is 5.32 Å². The second kappa shape index (κ2) is 4.22. The fourth-order valence-electron chi connectivity index (χ4n) is 3.45. The number of piperazine rings is 1. The van der Waals surface area contributed by atoms with Crippen molar-refractivity contribution in [3.63, 3.8) is 0 Å². The van der Waals surface area contributed by atoms with Gasteiger partial charge in [-0.15, -0.1) is 0 Å². The van der Waals surface area contributed by atoms with Gasteiger partial charge in [-0.25, -0.2) is 0 Å². The van der Waals surface area contributed by atoms with Crippen molar-refractivity contribution in [1.82, 2.24) is 10.2 Å². The van der Waals surface area contributed by atoms with E-state index in [0.717, 1.165) is 25.2 Å². The molecule has 3 aliphatic rings. The molecule has 3 unspecified atom stereocenters. The first-order chi connectivity index (χ1) is 8.93. The van der Waals surface area contributed by atoms with Crippen molar-refractivity contribution in [3.8, 4) is 0 Å². The highest BCUT2D eigenvalue weighted by atomic mass is 16.2. The number of hydrogen-bond acceptors (Lipinski definition) is 2. The molecule has 3 atom stereocenters. The van der Waals surface area contributed by atoms with Gasteiger partial charge in [-0.05, 0) is 51.9 Å². The summed E-state index contributed by atoms with van der Waals surface area (Å²) in [5, 5.41) is 2.98. The molecule has 3 rings (SSSR count). The van der Waals surface area contributed by atoms with Gasteiger partial charge in [-0.3, -0.25) is 9.59 Å². The van der Waals surface area contributed by atoms with E-state index in [9.17, 15) is 9.59 Å². The van der Waals surface area contributed by atoms with Gasteiger partial charge in [0.25, 0.3) is 0 Å². The van der Waals surface area contributed by atoms with E-state index in [1.807, 2.05) is 18.7 Å². The minimum absolute atomic E-state index is 0.0108. The van der Waals surface area contributed by atoms with Gasteiger partial charge in [0.2, 0.25) is 11.8 Å². The Bertz CT molecular complexity index is 414. The van der Waals surface area contributed by atoms with Crippen LogP contribution in [0, 0.1) is 11.8 Å². The van der Waals surface area contributed by atoms with Gasteiger partial charge in [0, 0.05) is 6.04 Å². The number of carbonyl (C=O) groups excluding carboxylic acids is 2. The quantitative estimate of drug-likeness (QED) is 0.840. The number of hydrogen-bond donors (Lipinski definition) is 1. The fraction of sp³-hybridized carbons (Fsp3) is 0.867. The summed E-state index contributed by atoms with van der Waals surface area (Å²) in [5.41, 5.74) is -0.651. The predicted octanol–water partition coefficient (Wildman–Crippen LogP) is 1.69. The van der Waals surface area contributed by atoms with Crippen LogP contribution in [0.4, 0.5) is 0 Å². The molecular weight excluding hydrogens is 240 g/mol. The SMILES string of the molecule is CC(CC1CC1)N1C(=O)C(C)(C2CC2)NC(=O)C1C. The molecule has 4 heteroatoms. The van der Waals surface area contributed by atoms with Crippen molar-refractivity contribution in [3.05, 3.63) is 0 Å². The summed E-state index contributed by atoms with van der Waals surface area (Å²) in [5.74, 6) is 1.26. The molecule has 0 aromatic carbocycles. The summed E-state index contributed by atoms with van der Waals surface area (Å²) in [6.45, 7) is 5.86. The number of nitrogens with zero attached hydrogens (tertiary/aromatic N) is 1. The highest BCUT2D eigenvalue weighted by Gasteiger charge is 2.55. The van der Waals surface area contributed by atoms with Gasteiger partial charge in [0.1, 0.15) is 11.6 Å².